The number of aromatic nitrogens is 3. The van der Waals surface area contributed by atoms with Crippen LogP contribution in [0.3, 0.4) is 0 Å². The Morgan fingerprint density at radius 1 is 0.902 bits per heavy atom. The topological polar surface area (TPSA) is 84.8 Å². The molecule has 0 aliphatic carbocycles. The van der Waals surface area contributed by atoms with Crippen molar-refractivity contribution in [2.45, 2.75) is 31.9 Å². The highest BCUT2D eigenvalue weighted by molar-refractivity contribution is 6.04. The van der Waals surface area contributed by atoms with Crippen LogP contribution in [0.25, 0.3) is 0 Å². The summed E-state index contributed by atoms with van der Waals surface area (Å²) in [6.45, 7) is 6.67. The second-order valence-corrected chi connectivity index (χ2v) is 13.3. The molecule has 2 aliphatic heterocycles. The lowest BCUT2D eigenvalue weighted by molar-refractivity contribution is -0.0136. The van der Waals surface area contributed by atoms with Crippen molar-refractivity contribution in [3.05, 3.63) is 132 Å². The van der Waals surface area contributed by atoms with Gasteiger partial charge in [0, 0.05) is 67.2 Å². The number of carbonyl (C=O) groups excluding carboxylic acids is 1. The minimum Gasteiger partial charge on any atom is -0.493 e. The number of rotatable bonds is 11. The quantitative estimate of drug-likeness (QED) is 0.165. The minimum atomic E-state index is -0.733. The highest BCUT2D eigenvalue weighted by atomic mass is 19.1. The number of hydrogen-bond acceptors (Lipinski definition) is 7. The third-order valence-electron chi connectivity index (χ3n) is 9.60. The van der Waals surface area contributed by atoms with Crippen molar-refractivity contribution in [1.29, 1.82) is 0 Å². The van der Waals surface area contributed by atoms with Gasteiger partial charge >= 0.3 is 0 Å². The Morgan fingerprint density at radius 2 is 1.61 bits per heavy atom. The van der Waals surface area contributed by atoms with E-state index in [0.717, 1.165) is 54.9 Å². The summed E-state index contributed by atoms with van der Waals surface area (Å²) in [5, 5.41) is 7.03. The number of halogens is 3. The van der Waals surface area contributed by atoms with Gasteiger partial charge in [0.2, 0.25) is 0 Å². The van der Waals surface area contributed by atoms with Gasteiger partial charge in [-0.05, 0) is 97.3 Å². The average molecular weight is 697 g/mol. The largest absolute Gasteiger partial charge is 0.493 e. The van der Waals surface area contributed by atoms with E-state index in [9.17, 15) is 18.0 Å². The number of nitrogens with zero attached hydrogens (tertiary/aromatic N) is 5. The molecule has 2 fully saturated rings. The van der Waals surface area contributed by atoms with Crippen molar-refractivity contribution in [2.24, 2.45) is 5.92 Å². The standard InChI is InChI=1S/C39H39F3N6O3/c1-27-18-35(47-16-14-46(15-17-47)34-10-3-29(4-11-34)38(49)45-33-8-6-31(40)7-9-33)12-13-37(27)50-22-28-20-39(51-23-28,24-48-26-43-25-44-48)21-30-2-5-32(41)19-36(30)42/h2-13,18-19,25-26,28H,14-17,20-24H2,1H3,(H,45,49)/t28?,39-/m1/s1. The number of benzene rings is 4. The van der Waals surface area contributed by atoms with E-state index in [0.29, 0.717) is 43.0 Å². The van der Waals surface area contributed by atoms with Crippen LogP contribution < -0.4 is 19.9 Å². The first-order valence-corrected chi connectivity index (χ1v) is 17.0. The zero-order valence-electron chi connectivity index (χ0n) is 28.3. The number of amides is 1. The van der Waals surface area contributed by atoms with Crippen LogP contribution in [-0.4, -0.2) is 65.7 Å². The van der Waals surface area contributed by atoms with Crippen LogP contribution >= 0.6 is 0 Å². The fourth-order valence-corrected chi connectivity index (χ4v) is 6.94. The first-order valence-electron chi connectivity index (χ1n) is 17.0. The number of anilines is 3. The van der Waals surface area contributed by atoms with E-state index in [-0.39, 0.29) is 24.1 Å². The SMILES string of the molecule is Cc1cc(N2CCN(c3ccc(C(=O)Nc4ccc(F)cc4)cc3)CC2)ccc1OCC1CO[C@](Cc2ccc(F)cc2F)(Cn2cncn2)C1. The molecule has 7 rings (SSSR count). The maximum Gasteiger partial charge on any atom is 0.255 e. The zero-order valence-corrected chi connectivity index (χ0v) is 28.3. The Bertz CT molecular complexity index is 1950. The third-order valence-corrected chi connectivity index (χ3v) is 9.60. The van der Waals surface area contributed by atoms with Gasteiger partial charge in [-0.2, -0.15) is 5.10 Å². The summed E-state index contributed by atoms with van der Waals surface area (Å²) in [5.41, 5.74) is 3.95. The predicted molar refractivity (Wildman–Crippen MR) is 189 cm³/mol. The van der Waals surface area contributed by atoms with Gasteiger partial charge in [-0.3, -0.25) is 9.48 Å². The molecule has 2 saturated heterocycles. The van der Waals surface area contributed by atoms with Crippen molar-refractivity contribution in [2.75, 3.05) is 54.5 Å². The summed E-state index contributed by atoms with van der Waals surface area (Å²) < 4.78 is 55.8. The number of ether oxygens (including phenoxy) is 2. The van der Waals surface area contributed by atoms with E-state index in [2.05, 4.69) is 37.3 Å². The number of nitrogens with one attached hydrogen (secondary N) is 1. The lowest BCUT2D eigenvalue weighted by Gasteiger charge is -2.37. The summed E-state index contributed by atoms with van der Waals surface area (Å²) in [6, 6.07) is 23.1. The van der Waals surface area contributed by atoms with Crippen molar-refractivity contribution < 1.29 is 27.4 Å². The van der Waals surface area contributed by atoms with Crippen molar-refractivity contribution in [3.8, 4) is 5.75 Å². The lowest BCUT2D eigenvalue weighted by Crippen LogP contribution is -2.46. The summed E-state index contributed by atoms with van der Waals surface area (Å²) in [5.74, 6) is -0.918. The summed E-state index contributed by atoms with van der Waals surface area (Å²) in [4.78, 5) is 21.3. The molecule has 2 atom stereocenters. The Morgan fingerprint density at radius 3 is 2.29 bits per heavy atom. The van der Waals surface area contributed by atoms with Crippen molar-refractivity contribution >= 4 is 23.0 Å². The number of hydrogen-bond donors (Lipinski definition) is 1. The zero-order chi connectivity index (χ0) is 35.4. The van der Waals surface area contributed by atoms with Crippen molar-refractivity contribution in [1.82, 2.24) is 14.8 Å². The van der Waals surface area contributed by atoms with Gasteiger partial charge in [0.15, 0.2) is 0 Å². The lowest BCUT2D eigenvalue weighted by atomic mass is 9.88. The molecule has 4 aromatic carbocycles. The average Bonchev–Trinajstić information content (AvgIpc) is 3.80. The fraction of sp³-hybridized carbons (Fsp3) is 0.308. The van der Waals surface area contributed by atoms with E-state index in [1.807, 2.05) is 37.3 Å². The normalized spacial score (nSPS) is 18.9. The van der Waals surface area contributed by atoms with Crippen LogP contribution in [0.4, 0.5) is 30.2 Å². The molecule has 0 bridgehead atoms. The molecule has 264 valence electrons. The number of piperazine rings is 1. The number of carbonyl (C=O) groups is 1. The van der Waals surface area contributed by atoms with Crippen LogP contribution in [0.15, 0.2) is 97.6 Å². The fourth-order valence-electron chi connectivity index (χ4n) is 6.94. The smallest absolute Gasteiger partial charge is 0.255 e. The van der Waals surface area contributed by atoms with Crippen molar-refractivity contribution in [3.63, 3.8) is 0 Å². The highest BCUT2D eigenvalue weighted by Crippen LogP contribution is 2.36. The first-order chi connectivity index (χ1) is 24.7. The van der Waals surface area contributed by atoms with E-state index in [1.54, 1.807) is 11.0 Å². The first kappa shape index (κ1) is 34.1. The Kier molecular flexibility index (Phi) is 9.94. The molecule has 12 heteroatoms. The Hall–Kier alpha value is -5.36. The van der Waals surface area contributed by atoms with Gasteiger partial charge in [-0.15, -0.1) is 0 Å². The molecule has 1 aromatic heterocycles. The molecular formula is C39H39F3N6O3. The van der Waals surface area contributed by atoms with Gasteiger partial charge in [-0.25, -0.2) is 18.2 Å². The van der Waals surface area contributed by atoms with E-state index >= 15 is 0 Å². The molecule has 51 heavy (non-hydrogen) atoms. The second-order valence-electron chi connectivity index (χ2n) is 13.3. The molecule has 9 nitrogen and oxygen atoms in total. The summed E-state index contributed by atoms with van der Waals surface area (Å²) in [6.07, 6.45) is 3.96. The molecule has 1 amide bonds. The van der Waals surface area contributed by atoms with Crippen LogP contribution in [-0.2, 0) is 17.7 Å². The Labute approximate surface area is 294 Å². The maximum atomic E-state index is 14.6. The van der Waals surface area contributed by atoms with E-state index in [1.165, 1.54) is 42.7 Å². The van der Waals surface area contributed by atoms with E-state index < -0.39 is 17.2 Å². The molecule has 0 saturated carbocycles. The third kappa shape index (κ3) is 8.18. The van der Waals surface area contributed by atoms with Gasteiger partial charge in [0.25, 0.3) is 5.91 Å². The molecule has 5 aromatic rings. The number of aryl methyl sites for hydroxylation is 1. The molecule has 2 aliphatic rings. The molecule has 3 heterocycles. The molecule has 0 spiro atoms. The van der Waals surface area contributed by atoms with Gasteiger partial charge in [0.1, 0.15) is 35.9 Å². The second kappa shape index (κ2) is 14.9. The maximum absolute atomic E-state index is 14.6. The minimum absolute atomic E-state index is 0.0717. The molecule has 1 unspecified atom stereocenters. The van der Waals surface area contributed by atoms with Gasteiger partial charge in [-0.1, -0.05) is 6.07 Å². The highest BCUT2D eigenvalue weighted by Gasteiger charge is 2.42. The summed E-state index contributed by atoms with van der Waals surface area (Å²) >= 11 is 0. The Balaban J connectivity index is 0.916. The molecule has 0 radical (unpaired) electrons. The van der Waals surface area contributed by atoms with Crippen LogP contribution in [0.5, 0.6) is 5.75 Å². The monoisotopic (exact) mass is 696 g/mol. The predicted octanol–water partition coefficient (Wildman–Crippen LogP) is 6.68. The molecular weight excluding hydrogens is 657 g/mol. The van der Waals surface area contributed by atoms with Crippen LogP contribution in [0.2, 0.25) is 0 Å². The van der Waals surface area contributed by atoms with E-state index in [4.69, 9.17) is 9.47 Å². The van der Waals surface area contributed by atoms with Gasteiger partial charge in [0.05, 0.1) is 25.4 Å². The molecule has 1 N–H and O–H groups in total. The summed E-state index contributed by atoms with van der Waals surface area (Å²) in [7, 11) is 0. The van der Waals surface area contributed by atoms with Crippen LogP contribution in [0, 0.1) is 30.3 Å². The van der Waals surface area contributed by atoms with Crippen LogP contribution in [0.1, 0.15) is 27.9 Å². The van der Waals surface area contributed by atoms with Gasteiger partial charge < -0.3 is 24.6 Å².